The molecule has 11 rings (SSSR count). The van der Waals surface area contributed by atoms with E-state index in [0.717, 1.165) is 27.5 Å². The van der Waals surface area contributed by atoms with Crippen molar-refractivity contribution in [2.75, 3.05) is 0 Å². The van der Waals surface area contributed by atoms with E-state index in [1.807, 2.05) is 36.4 Å². The third-order valence-electron chi connectivity index (χ3n) is 12.2. The Labute approximate surface area is 327 Å². The first-order valence-corrected chi connectivity index (χ1v) is 19.4. The second kappa shape index (κ2) is 12.3. The third-order valence-corrected chi connectivity index (χ3v) is 12.2. The minimum absolute atomic E-state index is 0.143. The molecule has 0 N–H and O–H groups in total. The van der Waals surface area contributed by atoms with E-state index < -0.39 is 5.41 Å². The van der Waals surface area contributed by atoms with E-state index >= 15 is 0 Å². The van der Waals surface area contributed by atoms with E-state index in [1.165, 1.54) is 55.6 Å². The quantitative estimate of drug-likeness (QED) is 0.182. The lowest BCUT2D eigenvalue weighted by Gasteiger charge is -2.46. The Bertz CT molecular complexity index is 2890. The fourth-order valence-corrected chi connectivity index (χ4v) is 9.70. The van der Waals surface area contributed by atoms with Crippen LogP contribution in [0.15, 0.2) is 188 Å². The van der Waals surface area contributed by atoms with E-state index in [-0.39, 0.29) is 5.41 Å². The molecule has 264 valence electrons. The highest BCUT2D eigenvalue weighted by atomic mass is 15.0. The molecule has 0 saturated heterocycles. The SMILES string of the molecule is CC1(C)c2ccccc2C2(c3ccccc3-c3ccc(-c4ccc(-c5nc(-c6ccccc6)nc(-c6ccccc6)n5)c5ccccc45)cc32)c2ccccc21. The van der Waals surface area contributed by atoms with Crippen LogP contribution in [0, 0.1) is 0 Å². The highest BCUT2D eigenvalue weighted by Gasteiger charge is 2.53. The summed E-state index contributed by atoms with van der Waals surface area (Å²) in [7, 11) is 0. The van der Waals surface area contributed by atoms with Crippen LogP contribution in [-0.4, -0.2) is 15.0 Å². The summed E-state index contributed by atoms with van der Waals surface area (Å²) in [6, 6.07) is 67.9. The molecule has 0 unspecified atom stereocenters. The largest absolute Gasteiger partial charge is 0.208 e. The van der Waals surface area contributed by atoms with Crippen LogP contribution in [0.5, 0.6) is 0 Å². The fraction of sp³-hybridized carbons (Fsp3) is 0.0755. The number of rotatable bonds is 4. The van der Waals surface area contributed by atoms with Crippen molar-refractivity contribution in [3.63, 3.8) is 0 Å². The molecule has 1 spiro atoms. The van der Waals surface area contributed by atoms with Crippen molar-refractivity contribution in [1.82, 2.24) is 15.0 Å². The summed E-state index contributed by atoms with van der Waals surface area (Å²) in [5.41, 5.74) is 15.4. The van der Waals surface area contributed by atoms with Gasteiger partial charge in [-0.25, -0.2) is 15.0 Å². The normalized spacial score (nSPS) is 14.2. The zero-order valence-electron chi connectivity index (χ0n) is 31.2. The van der Waals surface area contributed by atoms with E-state index in [2.05, 4.69) is 166 Å². The molecule has 2 aliphatic rings. The average Bonchev–Trinajstić information content (AvgIpc) is 3.56. The summed E-state index contributed by atoms with van der Waals surface area (Å²) in [4.78, 5) is 15.2. The van der Waals surface area contributed by atoms with Crippen LogP contribution >= 0.6 is 0 Å². The van der Waals surface area contributed by atoms with Crippen molar-refractivity contribution >= 4 is 10.8 Å². The molecule has 2 aliphatic carbocycles. The lowest BCUT2D eigenvalue weighted by atomic mass is 9.55. The summed E-state index contributed by atoms with van der Waals surface area (Å²) in [5.74, 6) is 1.96. The Balaban J connectivity index is 1.14. The van der Waals surface area contributed by atoms with Gasteiger partial charge in [0.25, 0.3) is 0 Å². The predicted octanol–water partition coefficient (Wildman–Crippen LogP) is 12.7. The Kier molecular flexibility index (Phi) is 7.11. The number of aromatic nitrogens is 3. The molecule has 0 atom stereocenters. The molecule has 8 aromatic carbocycles. The van der Waals surface area contributed by atoms with Gasteiger partial charge < -0.3 is 0 Å². The highest BCUT2D eigenvalue weighted by molar-refractivity contribution is 6.05. The van der Waals surface area contributed by atoms with Gasteiger partial charge in [0.2, 0.25) is 0 Å². The topological polar surface area (TPSA) is 38.7 Å². The van der Waals surface area contributed by atoms with Crippen LogP contribution in [0.2, 0.25) is 0 Å². The van der Waals surface area contributed by atoms with Gasteiger partial charge in [-0.1, -0.05) is 190 Å². The molecule has 56 heavy (non-hydrogen) atoms. The van der Waals surface area contributed by atoms with Crippen LogP contribution in [0.1, 0.15) is 47.2 Å². The molecule has 0 aliphatic heterocycles. The van der Waals surface area contributed by atoms with E-state index in [1.54, 1.807) is 0 Å². The van der Waals surface area contributed by atoms with Crippen molar-refractivity contribution in [2.24, 2.45) is 0 Å². The molecule has 1 aromatic heterocycles. The van der Waals surface area contributed by atoms with Crippen molar-refractivity contribution in [1.29, 1.82) is 0 Å². The van der Waals surface area contributed by atoms with Gasteiger partial charge in [-0.3, -0.25) is 0 Å². The average molecular weight is 716 g/mol. The Morgan fingerprint density at radius 1 is 0.304 bits per heavy atom. The van der Waals surface area contributed by atoms with Gasteiger partial charge in [0.15, 0.2) is 17.5 Å². The smallest absolute Gasteiger partial charge is 0.164 e. The van der Waals surface area contributed by atoms with E-state index in [0.29, 0.717) is 17.5 Å². The number of benzene rings is 8. The standard InChI is InChI=1S/C53H37N3/c1-52(2)44-25-13-15-27-46(44)53(47-28-16-14-26-45(47)52)43-24-12-11-23-40(43)41-30-29-36(33-48(41)53)37-31-32-42(39-22-10-9-21-38(37)39)51-55-49(34-17-5-3-6-18-34)54-50(56-51)35-19-7-4-8-20-35/h3-33H,1-2H3. The third kappa shape index (κ3) is 4.61. The first-order valence-electron chi connectivity index (χ1n) is 19.4. The summed E-state index contributed by atoms with van der Waals surface area (Å²) in [5, 5.41) is 2.26. The highest BCUT2D eigenvalue weighted by Crippen LogP contribution is 2.62. The predicted molar refractivity (Wildman–Crippen MR) is 229 cm³/mol. The number of fused-ring (bicyclic) bond motifs is 10. The Morgan fingerprint density at radius 3 is 1.34 bits per heavy atom. The van der Waals surface area contributed by atoms with Crippen LogP contribution in [0.4, 0.5) is 0 Å². The molecule has 3 heteroatoms. The number of hydrogen-bond donors (Lipinski definition) is 0. The van der Waals surface area contributed by atoms with E-state index in [4.69, 9.17) is 15.0 Å². The maximum absolute atomic E-state index is 5.11. The molecular formula is C53H37N3. The summed E-state index contributed by atoms with van der Waals surface area (Å²) < 4.78 is 0. The molecule has 0 radical (unpaired) electrons. The van der Waals surface area contributed by atoms with Gasteiger partial charge in [-0.2, -0.15) is 0 Å². The number of hydrogen-bond acceptors (Lipinski definition) is 3. The molecule has 3 nitrogen and oxygen atoms in total. The van der Waals surface area contributed by atoms with Gasteiger partial charge in [0.1, 0.15) is 0 Å². The summed E-state index contributed by atoms with van der Waals surface area (Å²) in [6.07, 6.45) is 0. The van der Waals surface area contributed by atoms with Crippen molar-refractivity contribution in [3.8, 4) is 56.4 Å². The maximum Gasteiger partial charge on any atom is 0.164 e. The van der Waals surface area contributed by atoms with Crippen molar-refractivity contribution < 1.29 is 0 Å². The second-order valence-corrected chi connectivity index (χ2v) is 15.5. The zero-order valence-corrected chi connectivity index (χ0v) is 31.2. The molecule has 1 heterocycles. The van der Waals surface area contributed by atoms with Gasteiger partial charge >= 0.3 is 0 Å². The molecule has 0 saturated carbocycles. The molecule has 0 amide bonds. The van der Waals surface area contributed by atoms with E-state index in [9.17, 15) is 0 Å². The van der Waals surface area contributed by atoms with Gasteiger partial charge in [-0.05, 0) is 78.5 Å². The fourth-order valence-electron chi connectivity index (χ4n) is 9.70. The Morgan fingerprint density at radius 2 is 0.732 bits per heavy atom. The minimum Gasteiger partial charge on any atom is -0.208 e. The number of nitrogens with zero attached hydrogens (tertiary/aromatic N) is 3. The van der Waals surface area contributed by atoms with Crippen molar-refractivity contribution in [2.45, 2.75) is 24.7 Å². The van der Waals surface area contributed by atoms with Crippen LogP contribution in [0.25, 0.3) is 67.2 Å². The summed E-state index contributed by atoms with van der Waals surface area (Å²) in [6.45, 7) is 4.75. The first-order chi connectivity index (χ1) is 27.5. The van der Waals surface area contributed by atoms with Crippen LogP contribution < -0.4 is 0 Å². The monoisotopic (exact) mass is 715 g/mol. The van der Waals surface area contributed by atoms with Crippen LogP contribution in [0.3, 0.4) is 0 Å². The zero-order chi connectivity index (χ0) is 37.4. The van der Waals surface area contributed by atoms with Gasteiger partial charge in [0, 0.05) is 22.1 Å². The Hall–Kier alpha value is -6.97. The van der Waals surface area contributed by atoms with Crippen LogP contribution in [-0.2, 0) is 10.8 Å². The molecule has 0 fully saturated rings. The lowest BCUT2D eigenvalue weighted by Crippen LogP contribution is -2.40. The van der Waals surface area contributed by atoms with Gasteiger partial charge in [0.05, 0.1) is 5.41 Å². The molecule has 0 bridgehead atoms. The summed E-state index contributed by atoms with van der Waals surface area (Å²) >= 11 is 0. The second-order valence-electron chi connectivity index (χ2n) is 15.5. The minimum atomic E-state index is -0.451. The maximum atomic E-state index is 5.11. The molecular weight excluding hydrogens is 679 g/mol. The lowest BCUT2D eigenvalue weighted by molar-refractivity contribution is 0.563. The molecule has 9 aromatic rings. The van der Waals surface area contributed by atoms with Crippen molar-refractivity contribution in [3.05, 3.63) is 221 Å². The van der Waals surface area contributed by atoms with Gasteiger partial charge in [-0.15, -0.1) is 0 Å². The first kappa shape index (κ1) is 32.5.